The molecule has 142 valence electrons. The highest BCUT2D eigenvalue weighted by Gasteiger charge is 2.45. The average molecular weight is 393 g/mol. The molecule has 7 nitrogen and oxygen atoms in total. The number of carboxylic acids is 1. The lowest BCUT2D eigenvalue weighted by molar-refractivity contribution is 0.0481. The van der Waals surface area contributed by atoms with Crippen LogP contribution in [0.2, 0.25) is 0 Å². The molecule has 1 fully saturated rings. The summed E-state index contributed by atoms with van der Waals surface area (Å²) >= 11 is 0. The SMILES string of the molecule is O=C(O)c1cccc2c1OCC1OCC(NS(=O)(=O)c3ccccc3F)C21. The molecule has 2 aliphatic rings. The Hall–Kier alpha value is -2.49. The van der Waals surface area contributed by atoms with Crippen molar-refractivity contribution in [2.24, 2.45) is 0 Å². The molecule has 0 saturated carbocycles. The van der Waals surface area contributed by atoms with Gasteiger partial charge < -0.3 is 14.6 Å². The van der Waals surface area contributed by atoms with E-state index in [-0.39, 0.29) is 24.5 Å². The molecular formula is C18H16FNO6S. The third kappa shape index (κ3) is 3.07. The first-order chi connectivity index (χ1) is 12.9. The second-order valence-corrected chi connectivity index (χ2v) is 8.08. The van der Waals surface area contributed by atoms with Crippen molar-refractivity contribution in [3.63, 3.8) is 0 Å². The van der Waals surface area contributed by atoms with E-state index in [0.717, 1.165) is 6.07 Å². The predicted molar refractivity (Wildman–Crippen MR) is 91.9 cm³/mol. The molecule has 2 aromatic carbocycles. The molecule has 0 aliphatic carbocycles. The zero-order chi connectivity index (χ0) is 19.2. The summed E-state index contributed by atoms with van der Waals surface area (Å²) in [6.07, 6.45) is -0.421. The minimum atomic E-state index is -4.12. The van der Waals surface area contributed by atoms with Gasteiger partial charge in [0, 0.05) is 11.5 Å². The van der Waals surface area contributed by atoms with Crippen molar-refractivity contribution in [1.82, 2.24) is 4.72 Å². The number of hydrogen-bond donors (Lipinski definition) is 2. The van der Waals surface area contributed by atoms with Crippen molar-refractivity contribution in [3.8, 4) is 5.75 Å². The maximum Gasteiger partial charge on any atom is 0.339 e. The summed E-state index contributed by atoms with van der Waals surface area (Å²) in [4.78, 5) is 11.0. The Morgan fingerprint density at radius 1 is 1.15 bits per heavy atom. The number of hydrogen-bond acceptors (Lipinski definition) is 5. The van der Waals surface area contributed by atoms with Crippen LogP contribution < -0.4 is 9.46 Å². The van der Waals surface area contributed by atoms with Crippen LogP contribution in [0.25, 0.3) is 0 Å². The third-order valence-corrected chi connectivity index (χ3v) is 6.31. The fourth-order valence-electron chi connectivity index (χ4n) is 3.61. The number of nitrogens with one attached hydrogen (secondary N) is 1. The van der Waals surface area contributed by atoms with Crippen LogP contribution in [0.4, 0.5) is 4.39 Å². The Kier molecular flexibility index (Phi) is 4.37. The highest BCUT2D eigenvalue weighted by atomic mass is 32.2. The van der Waals surface area contributed by atoms with Crippen molar-refractivity contribution in [2.75, 3.05) is 13.2 Å². The van der Waals surface area contributed by atoms with Gasteiger partial charge >= 0.3 is 5.97 Å². The number of aromatic carboxylic acids is 1. The van der Waals surface area contributed by atoms with Crippen LogP contribution in [0.15, 0.2) is 47.4 Å². The minimum Gasteiger partial charge on any atom is -0.490 e. The molecule has 0 amide bonds. The molecule has 2 aromatic rings. The molecule has 0 aromatic heterocycles. The normalized spacial score (nSPS) is 24.0. The number of sulfonamides is 1. The number of fused-ring (bicyclic) bond motifs is 3. The van der Waals surface area contributed by atoms with Gasteiger partial charge in [-0.05, 0) is 18.2 Å². The molecule has 27 heavy (non-hydrogen) atoms. The Bertz CT molecular complexity index is 1010. The number of para-hydroxylation sites is 1. The van der Waals surface area contributed by atoms with Gasteiger partial charge in [-0.3, -0.25) is 0 Å². The molecule has 0 radical (unpaired) electrons. The molecule has 4 rings (SSSR count). The minimum absolute atomic E-state index is 0.00793. The van der Waals surface area contributed by atoms with E-state index >= 15 is 0 Å². The van der Waals surface area contributed by atoms with Gasteiger partial charge in [0.1, 0.15) is 34.7 Å². The third-order valence-electron chi connectivity index (χ3n) is 4.78. The summed E-state index contributed by atoms with van der Waals surface area (Å²) in [5.74, 6) is -2.20. The van der Waals surface area contributed by atoms with Crippen LogP contribution in [0, 0.1) is 5.82 Å². The fourth-order valence-corrected chi connectivity index (χ4v) is 4.93. The van der Waals surface area contributed by atoms with Crippen LogP contribution >= 0.6 is 0 Å². The molecule has 1 saturated heterocycles. The highest BCUT2D eigenvalue weighted by molar-refractivity contribution is 7.89. The summed E-state index contributed by atoms with van der Waals surface area (Å²) in [5, 5.41) is 9.35. The largest absolute Gasteiger partial charge is 0.490 e. The Balaban J connectivity index is 1.69. The lowest BCUT2D eigenvalue weighted by Crippen LogP contribution is -2.42. The first kappa shape index (κ1) is 17.9. The summed E-state index contributed by atoms with van der Waals surface area (Å²) in [6.45, 7) is 0.184. The second kappa shape index (κ2) is 6.59. The van der Waals surface area contributed by atoms with E-state index in [1.165, 1.54) is 24.3 Å². The molecule has 2 aliphatic heterocycles. The van der Waals surface area contributed by atoms with E-state index in [1.54, 1.807) is 12.1 Å². The molecule has 0 bridgehead atoms. The van der Waals surface area contributed by atoms with E-state index in [1.807, 2.05) is 0 Å². The molecule has 3 atom stereocenters. The van der Waals surface area contributed by atoms with Gasteiger partial charge in [0.2, 0.25) is 10.0 Å². The van der Waals surface area contributed by atoms with E-state index in [4.69, 9.17) is 9.47 Å². The van der Waals surface area contributed by atoms with Crippen molar-refractivity contribution in [1.29, 1.82) is 0 Å². The van der Waals surface area contributed by atoms with Crippen molar-refractivity contribution in [2.45, 2.75) is 23.0 Å². The van der Waals surface area contributed by atoms with Gasteiger partial charge in [0.25, 0.3) is 0 Å². The van der Waals surface area contributed by atoms with E-state index < -0.39 is 44.8 Å². The summed E-state index contributed by atoms with van der Waals surface area (Å²) < 4.78 is 52.9. The number of rotatable bonds is 4. The molecule has 2 N–H and O–H groups in total. The van der Waals surface area contributed by atoms with Crippen LogP contribution in [0.5, 0.6) is 5.75 Å². The van der Waals surface area contributed by atoms with E-state index in [9.17, 15) is 22.7 Å². The number of ether oxygens (including phenoxy) is 2. The van der Waals surface area contributed by atoms with Crippen LogP contribution in [-0.2, 0) is 14.8 Å². The zero-order valence-electron chi connectivity index (χ0n) is 14.0. The van der Waals surface area contributed by atoms with Gasteiger partial charge in [0.15, 0.2) is 0 Å². The maximum atomic E-state index is 13.9. The van der Waals surface area contributed by atoms with Gasteiger partial charge in [-0.15, -0.1) is 0 Å². The standard InChI is InChI=1S/C18H16FNO6S/c19-12-6-1-2-7-15(12)27(23,24)20-13-8-25-14-9-26-17-10(16(13)14)4-3-5-11(17)18(21)22/h1-7,13-14,16,20H,8-9H2,(H,21,22). The highest BCUT2D eigenvalue weighted by Crippen LogP contribution is 2.42. The maximum absolute atomic E-state index is 13.9. The van der Waals surface area contributed by atoms with Crippen molar-refractivity contribution < 1.29 is 32.2 Å². The second-order valence-electron chi connectivity index (χ2n) is 6.40. The first-order valence-corrected chi connectivity index (χ1v) is 9.74. The number of benzene rings is 2. The van der Waals surface area contributed by atoms with Crippen molar-refractivity contribution >= 4 is 16.0 Å². The van der Waals surface area contributed by atoms with E-state index in [2.05, 4.69) is 4.72 Å². The smallest absolute Gasteiger partial charge is 0.339 e. The zero-order valence-corrected chi connectivity index (χ0v) is 14.8. The Labute approximate surface area is 154 Å². The lowest BCUT2D eigenvalue weighted by Gasteiger charge is -2.31. The average Bonchev–Trinajstić information content (AvgIpc) is 3.04. The van der Waals surface area contributed by atoms with Crippen molar-refractivity contribution in [3.05, 3.63) is 59.4 Å². The predicted octanol–water partition coefficient (Wildman–Crippen LogP) is 1.75. The molecule has 3 unspecified atom stereocenters. The number of carboxylic acid groups (broad SMARTS) is 1. The monoisotopic (exact) mass is 393 g/mol. The van der Waals surface area contributed by atoms with Crippen LogP contribution in [0.3, 0.4) is 0 Å². The summed E-state index contributed by atoms with van der Waals surface area (Å²) in [7, 11) is -4.12. The molecule has 9 heteroatoms. The summed E-state index contributed by atoms with van der Waals surface area (Å²) in [5.41, 5.74) is 0.568. The Morgan fingerprint density at radius 2 is 1.93 bits per heavy atom. The van der Waals surface area contributed by atoms with Crippen LogP contribution in [-0.4, -0.2) is 44.9 Å². The quantitative estimate of drug-likeness (QED) is 0.821. The number of halogens is 1. The lowest BCUT2D eigenvalue weighted by atomic mass is 9.86. The fraction of sp³-hybridized carbons (Fsp3) is 0.278. The topological polar surface area (TPSA) is 102 Å². The Morgan fingerprint density at radius 3 is 2.67 bits per heavy atom. The molecular weight excluding hydrogens is 377 g/mol. The summed E-state index contributed by atoms with van der Waals surface area (Å²) in [6, 6.07) is 9.13. The van der Waals surface area contributed by atoms with Gasteiger partial charge in [0.05, 0.1) is 12.6 Å². The van der Waals surface area contributed by atoms with E-state index in [0.29, 0.717) is 5.56 Å². The molecule has 0 spiro atoms. The molecule has 2 heterocycles. The van der Waals surface area contributed by atoms with Gasteiger partial charge in [-0.2, -0.15) is 0 Å². The van der Waals surface area contributed by atoms with Gasteiger partial charge in [-0.25, -0.2) is 22.3 Å². The van der Waals surface area contributed by atoms with Gasteiger partial charge in [-0.1, -0.05) is 24.3 Å². The van der Waals surface area contributed by atoms with Crippen LogP contribution in [0.1, 0.15) is 21.8 Å². The number of carbonyl (C=O) groups is 1. The first-order valence-electron chi connectivity index (χ1n) is 8.26.